The van der Waals surface area contributed by atoms with Gasteiger partial charge in [-0.25, -0.2) is 0 Å². The molecular formula is C10H18. The van der Waals surface area contributed by atoms with E-state index in [2.05, 4.69) is 26.8 Å². The first-order chi connectivity index (χ1) is 4.70. The van der Waals surface area contributed by atoms with E-state index in [1.54, 1.807) is 5.57 Å². The minimum absolute atomic E-state index is 0.827. The summed E-state index contributed by atoms with van der Waals surface area (Å²) in [7, 11) is 0. The second-order valence-corrected chi connectivity index (χ2v) is 3.85. The van der Waals surface area contributed by atoms with Crippen LogP contribution in [0.5, 0.6) is 0 Å². The predicted molar refractivity (Wildman–Crippen MR) is 45.9 cm³/mol. The van der Waals surface area contributed by atoms with Crippen molar-refractivity contribution >= 4 is 0 Å². The normalized spacial score (nSPS) is 20.2. The lowest BCUT2D eigenvalue weighted by Crippen LogP contribution is -1.85. The molecule has 0 aromatic carbocycles. The lowest BCUT2D eigenvalue weighted by molar-refractivity contribution is 0.658. The highest BCUT2D eigenvalue weighted by atomic mass is 14.3. The van der Waals surface area contributed by atoms with Gasteiger partial charge < -0.3 is 0 Å². The van der Waals surface area contributed by atoms with Crippen LogP contribution < -0.4 is 0 Å². The van der Waals surface area contributed by atoms with E-state index in [4.69, 9.17) is 0 Å². The van der Waals surface area contributed by atoms with Crippen LogP contribution in [0.1, 0.15) is 40.0 Å². The van der Waals surface area contributed by atoms with Gasteiger partial charge in [-0.3, -0.25) is 0 Å². The second-order valence-electron chi connectivity index (χ2n) is 3.85. The largest absolute Gasteiger partial charge is 0.0851 e. The molecule has 1 rings (SSSR count). The Morgan fingerprint density at radius 3 is 2.50 bits per heavy atom. The molecule has 0 heteroatoms. The van der Waals surface area contributed by atoms with Gasteiger partial charge in [0.1, 0.15) is 0 Å². The van der Waals surface area contributed by atoms with Gasteiger partial charge in [-0.15, -0.1) is 0 Å². The van der Waals surface area contributed by atoms with Gasteiger partial charge >= 0.3 is 0 Å². The SMILES string of the molecule is CC(=CCC(C)C)C1CC1. The van der Waals surface area contributed by atoms with Crippen LogP contribution in [0.2, 0.25) is 0 Å². The first kappa shape index (κ1) is 7.84. The molecular weight excluding hydrogens is 120 g/mol. The van der Waals surface area contributed by atoms with E-state index in [9.17, 15) is 0 Å². The minimum atomic E-state index is 0.827. The Bertz CT molecular complexity index is 127. The summed E-state index contributed by atoms with van der Waals surface area (Å²) in [5, 5.41) is 0. The highest BCUT2D eigenvalue weighted by Gasteiger charge is 2.22. The number of hydrogen-bond donors (Lipinski definition) is 0. The molecule has 0 spiro atoms. The van der Waals surface area contributed by atoms with E-state index < -0.39 is 0 Å². The summed E-state index contributed by atoms with van der Waals surface area (Å²) < 4.78 is 0. The third-order valence-corrected chi connectivity index (χ3v) is 2.13. The first-order valence-corrected chi connectivity index (χ1v) is 4.37. The van der Waals surface area contributed by atoms with Crippen molar-refractivity contribution in [2.45, 2.75) is 40.0 Å². The van der Waals surface area contributed by atoms with Crippen LogP contribution in [0.15, 0.2) is 11.6 Å². The Morgan fingerprint density at radius 2 is 2.10 bits per heavy atom. The molecule has 0 aromatic rings. The Balaban J connectivity index is 2.23. The molecule has 1 saturated carbocycles. The van der Waals surface area contributed by atoms with Crippen LogP contribution in [0.3, 0.4) is 0 Å². The molecule has 0 bridgehead atoms. The molecule has 0 radical (unpaired) electrons. The molecule has 0 amide bonds. The van der Waals surface area contributed by atoms with E-state index in [0.717, 1.165) is 11.8 Å². The summed E-state index contributed by atoms with van der Waals surface area (Å²) in [4.78, 5) is 0. The third kappa shape index (κ3) is 2.55. The van der Waals surface area contributed by atoms with Crippen molar-refractivity contribution in [3.63, 3.8) is 0 Å². The third-order valence-electron chi connectivity index (χ3n) is 2.13. The van der Waals surface area contributed by atoms with Crippen LogP contribution in [0.4, 0.5) is 0 Å². The zero-order valence-corrected chi connectivity index (χ0v) is 7.35. The maximum atomic E-state index is 2.42. The van der Waals surface area contributed by atoms with Crippen LogP contribution >= 0.6 is 0 Å². The van der Waals surface area contributed by atoms with Gasteiger partial charge in [0.2, 0.25) is 0 Å². The van der Waals surface area contributed by atoms with Crippen molar-refractivity contribution in [2.24, 2.45) is 11.8 Å². The van der Waals surface area contributed by atoms with Crippen molar-refractivity contribution in [3.8, 4) is 0 Å². The first-order valence-electron chi connectivity index (χ1n) is 4.37. The van der Waals surface area contributed by atoms with Gasteiger partial charge in [-0.2, -0.15) is 0 Å². The van der Waals surface area contributed by atoms with E-state index in [1.807, 2.05) is 0 Å². The van der Waals surface area contributed by atoms with Crippen molar-refractivity contribution in [3.05, 3.63) is 11.6 Å². The summed E-state index contributed by atoms with van der Waals surface area (Å²) in [5.41, 5.74) is 1.63. The maximum absolute atomic E-state index is 2.42. The topological polar surface area (TPSA) is 0 Å². The molecule has 0 aromatic heterocycles. The molecule has 1 fully saturated rings. The van der Waals surface area contributed by atoms with Crippen molar-refractivity contribution in [1.29, 1.82) is 0 Å². The fourth-order valence-electron chi connectivity index (χ4n) is 1.13. The van der Waals surface area contributed by atoms with Gasteiger partial charge in [0, 0.05) is 0 Å². The standard InChI is InChI=1S/C10H18/c1-8(2)4-5-9(3)10-6-7-10/h5,8,10H,4,6-7H2,1-3H3. The summed E-state index contributed by atoms with van der Waals surface area (Å²) in [5.74, 6) is 1.80. The molecule has 0 saturated heterocycles. The van der Waals surface area contributed by atoms with E-state index in [1.165, 1.54) is 19.3 Å². The highest BCUT2D eigenvalue weighted by Crippen LogP contribution is 2.36. The molecule has 0 N–H and O–H groups in total. The fourth-order valence-corrected chi connectivity index (χ4v) is 1.13. The molecule has 58 valence electrons. The Kier molecular flexibility index (Phi) is 2.53. The van der Waals surface area contributed by atoms with Crippen molar-refractivity contribution < 1.29 is 0 Å². The van der Waals surface area contributed by atoms with E-state index >= 15 is 0 Å². The van der Waals surface area contributed by atoms with Gasteiger partial charge in [0.25, 0.3) is 0 Å². The lowest BCUT2D eigenvalue weighted by atomic mass is 10.1. The fraction of sp³-hybridized carbons (Fsp3) is 0.800. The quantitative estimate of drug-likeness (QED) is 0.524. The van der Waals surface area contributed by atoms with Crippen LogP contribution in [0, 0.1) is 11.8 Å². The zero-order valence-electron chi connectivity index (χ0n) is 7.35. The van der Waals surface area contributed by atoms with Crippen molar-refractivity contribution in [2.75, 3.05) is 0 Å². The number of rotatable bonds is 3. The van der Waals surface area contributed by atoms with E-state index in [0.29, 0.717) is 0 Å². The number of hydrogen-bond acceptors (Lipinski definition) is 0. The van der Waals surface area contributed by atoms with Crippen LogP contribution in [-0.2, 0) is 0 Å². The molecule has 0 aliphatic heterocycles. The summed E-state index contributed by atoms with van der Waals surface area (Å²) in [6.07, 6.45) is 6.57. The monoisotopic (exact) mass is 138 g/mol. The second kappa shape index (κ2) is 3.23. The van der Waals surface area contributed by atoms with Gasteiger partial charge in [-0.05, 0) is 38.0 Å². The molecule has 0 heterocycles. The van der Waals surface area contributed by atoms with Gasteiger partial charge in [0.05, 0.1) is 0 Å². The van der Waals surface area contributed by atoms with Crippen LogP contribution in [0.25, 0.3) is 0 Å². The minimum Gasteiger partial charge on any atom is -0.0851 e. The lowest BCUT2D eigenvalue weighted by Gasteiger charge is -2.00. The van der Waals surface area contributed by atoms with Gasteiger partial charge in [-0.1, -0.05) is 25.5 Å². The number of allylic oxidation sites excluding steroid dienone is 2. The molecule has 1 aliphatic rings. The predicted octanol–water partition coefficient (Wildman–Crippen LogP) is 3.39. The summed E-state index contributed by atoms with van der Waals surface area (Å²) >= 11 is 0. The zero-order chi connectivity index (χ0) is 7.56. The van der Waals surface area contributed by atoms with E-state index in [-0.39, 0.29) is 0 Å². The molecule has 0 nitrogen and oxygen atoms in total. The van der Waals surface area contributed by atoms with Gasteiger partial charge in [0.15, 0.2) is 0 Å². The Morgan fingerprint density at radius 1 is 1.50 bits per heavy atom. The summed E-state index contributed by atoms with van der Waals surface area (Å²) in [6, 6.07) is 0. The smallest absolute Gasteiger partial charge is 0.0206 e. The van der Waals surface area contributed by atoms with Crippen molar-refractivity contribution in [1.82, 2.24) is 0 Å². The average molecular weight is 138 g/mol. The molecule has 0 unspecified atom stereocenters. The Labute approximate surface area is 64.3 Å². The summed E-state index contributed by atoms with van der Waals surface area (Å²) in [6.45, 7) is 6.83. The maximum Gasteiger partial charge on any atom is -0.0206 e. The molecule has 1 aliphatic carbocycles. The molecule has 10 heavy (non-hydrogen) atoms. The average Bonchev–Trinajstić information content (AvgIpc) is 2.63. The highest BCUT2D eigenvalue weighted by molar-refractivity contribution is 5.09. The van der Waals surface area contributed by atoms with Crippen LogP contribution in [-0.4, -0.2) is 0 Å². The molecule has 0 atom stereocenters. The Hall–Kier alpha value is -0.260.